The molecule has 112 valence electrons. The number of carbonyl (C=O) groups is 2. The average molecular weight is 278 g/mol. The smallest absolute Gasteiger partial charge is 0.361 e. The fraction of sp³-hybridized carbons (Fsp3) is 0.833. The molecule has 0 aromatic carbocycles. The van der Waals surface area contributed by atoms with Gasteiger partial charge in [0, 0.05) is 6.42 Å². The van der Waals surface area contributed by atoms with Crippen LogP contribution in [0.3, 0.4) is 0 Å². The summed E-state index contributed by atoms with van der Waals surface area (Å²) in [6.07, 6.45) is -2.30. The molecule has 0 aromatic rings. The number of aliphatic hydroxyl groups is 3. The molecule has 7 nitrogen and oxygen atoms in total. The molecule has 0 aliphatic heterocycles. The van der Waals surface area contributed by atoms with Crippen molar-refractivity contribution in [1.82, 2.24) is 0 Å². The highest BCUT2D eigenvalue weighted by molar-refractivity contribution is 5.75. The highest BCUT2D eigenvalue weighted by atomic mass is 17.2. The first-order chi connectivity index (χ1) is 8.84. The van der Waals surface area contributed by atoms with Crippen LogP contribution < -0.4 is 0 Å². The Labute approximate surface area is 112 Å². The van der Waals surface area contributed by atoms with E-state index in [1.165, 1.54) is 0 Å². The van der Waals surface area contributed by atoms with Crippen LogP contribution in [0.2, 0.25) is 0 Å². The second kappa shape index (κ2) is 8.84. The summed E-state index contributed by atoms with van der Waals surface area (Å²) in [4.78, 5) is 31.4. The van der Waals surface area contributed by atoms with Crippen LogP contribution in [-0.2, 0) is 19.4 Å². The van der Waals surface area contributed by atoms with Crippen LogP contribution in [0.25, 0.3) is 0 Å². The van der Waals surface area contributed by atoms with Gasteiger partial charge < -0.3 is 15.3 Å². The Morgan fingerprint density at radius 1 is 1.16 bits per heavy atom. The number of hydrogen-bond acceptors (Lipinski definition) is 7. The lowest BCUT2D eigenvalue weighted by atomic mass is 9.88. The van der Waals surface area contributed by atoms with Crippen molar-refractivity contribution >= 4 is 11.9 Å². The largest absolute Gasteiger partial charge is 0.394 e. The molecule has 3 N–H and O–H groups in total. The second-order valence-electron chi connectivity index (χ2n) is 4.62. The molecule has 0 spiro atoms. The van der Waals surface area contributed by atoms with Gasteiger partial charge in [-0.25, -0.2) is 19.4 Å². The van der Waals surface area contributed by atoms with Gasteiger partial charge in [-0.05, 0) is 12.3 Å². The van der Waals surface area contributed by atoms with E-state index < -0.39 is 36.7 Å². The third-order valence-corrected chi connectivity index (χ3v) is 2.61. The van der Waals surface area contributed by atoms with Crippen LogP contribution in [0.15, 0.2) is 0 Å². The van der Waals surface area contributed by atoms with E-state index in [4.69, 9.17) is 5.11 Å². The van der Waals surface area contributed by atoms with Crippen molar-refractivity contribution in [2.24, 2.45) is 11.8 Å². The van der Waals surface area contributed by atoms with E-state index in [0.29, 0.717) is 6.42 Å². The summed E-state index contributed by atoms with van der Waals surface area (Å²) in [6.45, 7) is 4.34. The highest BCUT2D eigenvalue weighted by Gasteiger charge is 2.36. The predicted octanol–water partition coefficient (Wildman–Crippen LogP) is -0.226. The maximum atomic E-state index is 11.7. The van der Waals surface area contributed by atoms with E-state index in [0.717, 1.165) is 0 Å². The van der Waals surface area contributed by atoms with Gasteiger partial charge in [0.1, 0.15) is 6.10 Å². The molecule has 0 radical (unpaired) electrons. The van der Waals surface area contributed by atoms with Gasteiger partial charge >= 0.3 is 11.9 Å². The summed E-state index contributed by atoms with van der Waals surface area (Å²) in [5.41, 5.74) is 0. The molecule has 0 heterocycles. The van der Waals surface area contributed by atoms with Gasteiger partial charge in [-0.3, -0.25) is 0 Å². The van der Waals surface area contributed by atoms with Crippen LogP contribution in [0, 0.1) is 11.8 Å². The van der Waals surface area contributed by atoms with Crippen LogP contribution in [0.4, 0.5) is 0 Å². The molecule has 0 aromatic heterocycles. The van der Waals surface area contributed by atoms with Crippen molar-refractivity contribution in [1.29, 1.82) is 0 Å². The minimum absolute atomic E-state index is 0.113. The first kappa shape index (κ1) is 17.8. The zero-order valence-corrected chi connectivity index (χ0v) is 11.4. The van der Waals surface area contributed by atoms with Crippen LogP contribution in [0.1, 0.15) is 33.6 Å². The average Bonchev–Trinajstić information content (AvgIpc) is 2.35. The molecule has 0 aliphatic rings. The van der Waals surface area contributed by atoms with E-state index in [-0.39, 0.29) is 12.3 Å². The number of hydrogen-bond donors (Lipinski definition) is 3. The van der Waals surface area contributed by atoms with Crippen molar-refractivity contribution in [3.05, 3.63) is 0 Å². The molecule has 0 saturated carbocycles. The Morgan fingerprint density at radius 3 is 2.16 bits per heavy atom. The molecule has 7 heteroatoms. The first-order valence-electron chi connectivity index (χ1n) is 6.23. The van der Waals surface area contributed by atoms with Crippen molar-refractivity contribution in [3.8, 4) is 0 Å². The van der Waals surface area contributed by atoms with Gasteiger partial charge in [0.05, 0.1) is 18.6 Å². The third kappa shape index (κ3) is 6.00. The molecule has 0 fully saturated rings. The summed E-state index contributed by atoms with van der Waals surface area (Å²) < 4.78 is 0. The lowest BCUT2D eigenvalue weighted by Gasteiger charge is -2.26. The molecule has 0 amide bonds. The monoisotopic (exact) mass is 278 g/mol. The lowest BCUT2D eigenvalue weighted by molar-refractivity contribution is -0.266. The fourth-order valence-corrected chi connectivity index (χ4v) is 1.54. The Balaban J connectivity index is 4.54. The van der Waals surface area contributed by atoms with Crippen LogP contribution >= 0.6 is 0 Å². The number of aliphatic hydroxyl groups excluding tert-OH is 3. The normalized spacial score (nSPS) is 15.7. The SMILES string of the molecule is CCCC(=O)OOC(=O)C(C(C)C)C(O)C(O)CO. The summed E-state index contributed by atoms with van der Waals surface area (Å²) in [7, 11) is 0. The molecule has 0 aliphatic carbocycles. The van der Waals surface area contributed by atoms with Gasteiger partial charge in [0.15, 0.2) is 0 Å². The second-order valence-corrected chi connectivity index (χ2v) is 4.62. The van der Waals surface area contributed by atoms with E-state index >= 15 is 0 Å². The quantitative estimate of drug-likeness (QED) is 0.435. The van der Waals surface area contributed by atoms with Crippen LogP contribution in [-0.4, -0.2) is 46.1 Å². The summed E-state index contributed by atoms with van der Waals surface area (Å²) >= 11 is 0. The summed E-state index contributed by atoms with van der Waals surface area (Å²) in [5, 5.41) is 27.8. The first-order valence-corrected chi connectivity index (χ1v) is 6.23. The zero-order chi connectivity index (χ0) is 15.0. The van der Waals surface area contributed by atoms with Crippen molar-refractivity contribution in [2.45, 2.75) is 45.8 Å². The minimum atomic E-state index is -1.50. The molecule has 19 heavy (non-hydrogen) atoms. The molecular weight excluding hydrogens is 256 g/mol. The zero-order valence-electron chi connectivity index (χ0n) is 11.4. The maximum Gasteiger partial charge on any atom is 0.361 e. The van der Waals surface area contributed by atoms with E-state index in [2.05, 4.69) is 9.78 Å². The fourth-order valence-electron chi connectivity index (χ4n) is 1.54. The van der Waals surface area contributed by atoms with Crippen LogP contribution in [0.5, 0.6) is 0 Å². The third-order valence-electron chi connectivity index (χ3n) is 2.61. The maximum absolute atomic E-state index is 11.7. The van der Waals surface area contributed by atoms with Gasteiger partial charge in [-0.1, -0.05) is 20.8 Å². The molecular formula is C12H22O7. The highest BCUT2D eigenvalue weighted by Crippen LogP contribution is 2.20. The molecule has 0 rings (SSSR count). The molecule has 3 unspecified atom stereocenters. The Hall–Kier alpha value is -1.18. The summed E-state index contributed by atoms with van der Waals surface area (Å²) in [5.74, 6) is -3.11. The van der Waals surface area contributed by atoms with Crippen molar-refractivity contribution < 1.29 is 34.7 Å². The molecule has 0 bridgehead atoms. The Bertz CT molecular complexity index is 290. The minimum Gasteiger partial charge on any atom is -0.394 e. The van der Waals surface area contributed by atoms with Gasteiger partial charge in [0.25, 0.3) is 0 Å². The van der Waals surface area contributed by atoms with E-state index in [9.17, 15) is 19.8 Å². The van der Waals surface area contributed by atoms with Crippen molar-refractivity contribution in [3.63, 3.8) is 0 Å². The van der Waals surface area contributed by atoms with E-state index in [1.807, 2.05) is 0 Å². The van der Waals surface area contributed by atoms with E-state index in [1.54, 1.807) is 20.8 Å². The van der Waals surface area contributed by atoms with Crippen molar-refractivity contribution in [2.75, 3.05) is 6.61 Å². The predicted molar refractivity (Wildman–Crippen MR) is 64.5 cm³/mol. The standard InChI is InChI=1S/C12H22O7/c1-4-5-9(15)18-19-12(17)10(7(2)3)11(16)8(14)6-13/h7-8,10-11,13-14,16H,4-6H2,1-3H3. The molecule has 0 saturated heterocycles. The topological polar surface area (TPSA) is 113 Å². The number of carbonyl (C=O) groups excluding carboxylic acids is 2. The van der Waals surface area contributed by atoms with Gasteiger partial charge in [-0.2, -0.15) is 0 Å². The Kier molecular flexibility index (Phi) is 8.29. The number of rotatable bonds is 7. The Morgan fingerprint density at radius 2 is 1.74 bits per heavy atom. The van der Waals surface area contributed by atoms with Gasteiger partial charge in [0.2, 0.25) is 0 Å². The summed E-state index contributed by atoms with van der Waals surface area (Å²) in [6, 6.07) is 0. The molecule has 3 atom stereocenters. The lowest BCUT2D eigenvalue weighted by Crippen LogP contribution is -2.43. The van der Waals surface area contributed by atoms with Gasteiger partial charge in [-0.15, -0.1) is 0 Å².